The molecule has 0 spiro atoms. The van der Waals surface area contributed by atoms with Crippen LogP contribution in [-0.4, -0.2) is 11.1 Å². The molecule has 0 saturated carbocycles. The van der Waals surface area contributed by atoms with E-state index in [9.17, 15) is 4.79 Å². The van der Waals surface area contributed by atoms with Gasteiger partial charge in [0.1, 0.15) is 0 Å². The smallest absolute Gasteiger partial charge is 0.310 e. The molecule has 0 aliphatic heterocycles. The van der Waals surface area contributed by atoms with Crippen LogP contribution in [-0.2, 0) is 4.79 Å². The summed E-state index contributed by atoms with van der Waals surface area (Å²) in [5.74, 6) is -1.24. The van der Waals surface area contributed by atoms with Crippen LogP contribution in [0, 0.1) is 0 Å². The van der Waals surface area contributed by atoms with E-state index in [0.29, 0.717) is 0 Å². The molecule has 1 atom stereocenters. The predicted octanol–water partition coefficient (Wildman–Crippen LogP) is 4.33. The molecule has 1 aliphatic carbocycles. The zero-order chi connectivity index (χ0) is 13.5. The Labute approximate surface area is 109 Å². The van der Waals surface area contributed by atoms with Gasteiger partial charge in [-0.1, -0.05) is 56.4 Å². The van der Waals surface area contributed by atoms with Crippen molar-refractivity contribution in [1.82, 2.24) is 0 Å². The van der Waals surface area contributed by atoms with Gasteiger partial charge in [-0.05, 0) is 30.0 Å². The minimum Gasteiger partial charge on any atom is -0.481 e. The first-order chi connectivity index (χ1) is 8.68. The van der Waals surface area contributed by atoms with E-state index in [0.717, 1.165) is 23.1 Å². The van der Waals surface area contributed by atoms with E-state index >= 15 is 0 Å². The summed E-state index contributed by atoms with van der Waals surface area (Å²) in [6, 6.07) is 5.83. The van der Waals surface area contributed by atoms with E-state index in [1.165, 1.54) is 0 Å². The number of fused-ring (bicyclic) bond motifs is 1. The zero-order valence-electron chi connectivity index (χ0n) is 11.2. The van der Waals surface area contributed by atoms with Crippen molar-refractivity contribution in [2.45, 2.75) is 33.1 Å². The number of carboxylic acids is 1. The van der Waals surface area contributed by atoms with Gasteiger partial charge in [-0.2, -0.15) is 0 Å². The van der Waals surface area contributed by atoms with Gasteiger partial charge in [0, 0.05) is 0 Å². The number of hydrogen-bond acceptors (Lipinski definition) is 1. The second-order valence-corrected chi connectivity index (χ2v) is 3.99. The molecular weight excluding hydrogens is 224 g/mol. The molecule has 0 aromatic heterocycles. The topological polar surface area (TPSA) is 37.3 Å². The van der Waals surface area contributed by atoms with Crippen molar-refractivity contribution in [1.29, 1.82) is 0 Å². The molecule has 1 aromatic carbocycles. The van der Waals surface area contributed by atoms with Gasteiger partial charge >= 0.3 is 5.97 Å². The van der Waals surface area contributed by atoms with Gasteiger partial charge in [-0.25, -0.2) is 0 Å². The van der Waals surface area contributed by atoms with Crippen LogP contribution in [0.3, 0.4) is 0 Å². The third-order valence-electron chi connectivity index (χ3n) is 2.85. The molecule has 0 bridgehead atoms. The summed E-state index contributed by atoms with van der Waals surface area (Å²) in [5.41, 5.74) is 3.10. The van der Waals surface area contributed by atoms with Crippen molar-refractivity contribution in [2.75, 3.05) is 0 Å². The first kappa shape index (κ1) is 14.2. The summed E-state index contributed by atoms with van der Waals surface area (Å²) < 4.78 is 0. The van der Waals surface area contributed by atoms with Gasteiger partial charge in [-0.3, -0.25) is 4.79 Å². The Bertz CT molecular complexity index is 470. The van der Waals surface area contributed by atoms with Crippen molar-refractivity contribution < 1.29 is 9.90 Å². The Morgan fingerprint density at radius 2 is 1.78 bits per heavy atom. The minimum atomic E-state index is -0.784. The highest BCUT2D eigenvalue weighted by Gasteiger charge is 2.14. The third-order valence-corrected chi connectivity index (χ3v) is 2.85. The Kier molecular flexibility index (Phi) is 5.37. The second kappa shape index (κ2) is 6.80. The molecule has 0 radical (unpaired) electrons. The van der Waals surface area contributed by atoms with Crippen LogP contribution in [0.4, 0.5) is 0 Å². The maximum Gasteiger partial charge on any atom is 0.310 e. The Morgan fingerprint density at radius 3 is 2.39 bits per heavy atom. The van der Waals surface area contributed by atoms with E-state index < -0.39 is 11.9 Å². The third kappa shape index (κ3) is 3.33. The van der Waals surface area contributed by atoms with Gasteiger partial charge in [0.2, 0.25) is 0 Å². The maximum absolute atomic E-state index is 10.9. The fourth-order valence-corrected chi connectivity index (χ4v) is 1.77. The quantitative estimate of drug-likeness (QED) is 0.840. The number of carbonyl (C=O) groups is 1. The van der Waals surface area contributed by atoms with E-state index in [2.05, 4.69) is 18.2 Å². The number of aliphatic carboxylic acids is 1. The summed E-state index contributed by atoms with van der Waals surface area (Å²) in [6.07, 6.45) is 9.23. The summed E-state index contributed by atoms with van der Waals surface area (Å²) in [6.45, 7) is 5.71. The summed E-state index contributed by atoms with van der Waals surface area (Å²) in [4.78, 5) is 10.9. The molecule has 96 valence electrons. The molecule has 0 saturated heterocycles. The zero-order valence-corrected chi connectivity index (χ0v) is 11.2. The van der Waals surface area contributed by atoms with Crippen LogP contribution in [0.5, 0.6) is 0 Å². The molecule has 1 aliphatic rings. The predicted molar refractivity (Wildman–Crippen MR) is 76.5 cm³/mol. The van der Waals surface area contributed by atoms with Gasteiger partial charge < -0.3 is 5.11 Å². The number of carboxylic acid groups (broad SMARTS) is 1. The normalized spacial score (nSPS) is 13.9. The molecule has 1 aromatic rings. The van der Waals surface area contributed by atoms with Crippen LogP contribution >= 0.6 is 0 Å². The lowest BCUT2D eigenvalue weighted by Gasteiger charge is -2.09. The van der Waals surface area contributed by atoms with Crippen molar-refractivity contribution in [2.24, 2.45) is 0 Å². The highest BCUT2D eigenvalue weighted by atomic mass is 16.4. The summed E-state index contributed by atoms with van der Waals surface area (Å²) in [5, 5.41) is 8.96. The molecule has 2 heteroatoms. The molecule has 0 heterocycles. The molecule has 2 rings (SSSR count). The molecule has 2 nitrogen and oxygen atoms in total. The molecule has 18 heavy (non-hydrogen) atoms. The summed E-state index contributed by atoms with van der Waals surface area (Å²) >= 11 is 0. The number of rotatable bonds is 2. The Hall–Kier alpha value is -1.83. The number of benzene rings is 1. The van der Waals surface area contributed by atoms with E-state index in [-0.39, 0.29) is 0 Å². The lowest BCUT2D eigenvalue weighted by Crippen LogP contribution is -2.07. The molecule has 1 N–H and O–H groups in total. The molecule has 0 amide bonds. The molecule has 1 unspecified atom stereocenters. The van der Waals surface area contributed by atoms with Crippen LogP contribution in [0.1, 0.15) is 49.8 Å². The van der Waals surface area contributed by atoms with Crippen LogP contribution in [0.2, 0.25) is 0 Å². The first-order valence-electron chi connectivity index (χ1n) is 6.38. The number of allylic oxidation sites excluding steroid dienone is 2. The van der Waals surface area contributed by atoms with Crippen LogP contribution in [0.15, 0.2) is 30.4 Å². The van der Waals surface area contributed by atoms with Crippen molar-refractivity contribution >= 4 is 18.1 Å². The lowest BCUT2D eigenvalue weighted by molar-refractivity contribution is -0.138. The second-order valence-electron chi connectivity index (χ2n) is 3.99. The van der Waals surface area contributed by atoms with Crippen molar-refractivity contribution in [3.8, 4) is 0 Å². The minimum absolute atomic E-state index is 0.453. The summed E-state index contributed by atoms with van der Waals surface area (Å²) in [7, 11) is 0. The van der Waals surface area contributed by atoms with Gasteiger partial charge in [-0.15, -0.1) is 0 Å². The van der Waals surface area contributed by atoms with E-state index in [1.54, 1.807) is 6.92 Å². The molecular formula is C16H20O2. The van der Waals surface area contributed by atoms with Crippen LogP contribution in [0.25, 0.3) is 12.2 Å². The van der Waals surface area contributed by atoms with Crippen molar-refractivity contribution in [3.05, 3.63) is 47.0 Å². The average Bonchev–Trinajstić information content (AvgIpc) is 2.64. The van der Waals surface area contributed by atoms with E-state index in [4.69, 9.17) is 5.11 Å². The van der Waals surface area contributed by atoms with Gasteiger partial charge in [0.15, 0.2) is 0 Å². The first-order valence-corrected chi connectivity index (χ1v) is 6.38. The maximum atomic E-state index is 10.9. The van der Waals surface area contributed by atoms with Crippen molar-refractivity contribution in [3.63, 3.8) is 0 Å². The average molecular weight is 244 g/mol. The lowest BCUT2D eigenvalue weighted by atomic mass is 9.96. The fraction of sp³-hybridized carbons (Fsp3) is 0.312. The number of hydrogen-bond donors (Lipinski definition) is 1. The van der Waals surface area contributed by atoms with Gasteiger partial charge in [0.05, 0.1) is 5.92 Å². The SMILES string of the molecule is CC.CC(C(=O)O)c1ccc2c(c1)C=CCC=C2. The fourth-order valence-electron chi connectivity index (χ4n) is 1.77. The Morgan fingerprint density at radius 1 is 1.17 bits per heavy atom. The van der Waals surface area contributed by atoms with Crippen LogP contribution < -0.4 is 0 Å². The highest BCUT2D eigenvalue weighted by Crippen LogP contribution is 2.23. The van der Waals surface area contributed by atoms with Gasteiger partial charge in [0.25, 0.3) is 0 Å². The van der Waals surface area contributed by atoms with E-state index in [1.807, 2.05) is 38.1 Å². The molecule has 0 fully saturated rings. The standard InChI is InChI=1S/C14H14O2.C2H6/c1-10(14(15)16)12-8-7-11-5-3-2-4-6-13(11)9-12;1-2/h3-10H,2H2,1H3,(H,15,16);1-2H3. The Balaban J connectivity index is 0.000000771. The highest BCUT2D eigenvalue weighted by molar-refractivity contribution is 5.77. The monoisotopic (exact) mass is 244 g/mol. The largest absolute Gasteiger partial charge is 0.481 e.